The highest BCUT2D eigenvalue weighted by Gasteiger charge is 2.12. The average Bonchev–Trinajstić information content (AvgIpc) is 2.25. The normalized spacial score (nSPS) is 12.5. The van der Waals surface area contributed by atoms with E-state index in [9.17, 15) is 14.4 Å². The van der Waals surface area contributed by atoms with Crippen LogP contribution in [-0.4, -0.2) is 21.5 Å². The first-order chi connectivity index (χ1) is 8.31. The van der Waals surface area contributed by atoms with Gasteiger partial charge in [0.15, 0.2) is 0 Å². The lowest BCUT2D eigenvalue weighted by Gasteiger charge is -2.17. The first-order valence-electron chi connectivity index (χ1n) is 5.60. The molecule has 1 heterocycles. The largest absolute Gasteiger partial charge is 0.352 e. The van der Waals surface area contributed by atoms with Gasteiger partial charge in [-0.05, 0) is 28.8 Å². The van der Waals surface area contributed by atoms with Gasteiger partial charge in [-0.2, -0.15) is 0 Å². The summed E-state index contributed by atoms with van der Waals surface area (Å²) in [4.78, 5) is 36.4. The van der Waals surface area contributed by atoms with Crippen LogP contribution in [-0.2, 0) is 11.3 Å². The predicted octanol–water partition coefficient (Wildman–Crippen LogP) is 0.460. The van der Waals surface area contributed by atoms with Crippen LogP contribution < -0.4 is 16.6 Å². The topological polar surface area (TPSA) is 84.0 Å². The molecule has 0 aromatic carbocycles. The number of carbonyl (C=O) groups excluding carboxylic acids is 1. The zero-order valence-corrected chi connectivity index (χ0v) is 12.1. The zero-order valence-electron chi connectivity index (χ0n) is 10.5. The van der Waals surface area contributed by atoms with E-state index in [0.29, 0.717) is 5.92 Å². The molecule has 0 bridgehead atoms. The van der Waals surface area contributed by atoms with Gasteiger partial charge in [-0.1, -0.05) is 13.8 Å². The van der Waals surface area contributed by atoms with Gasteiger partial charge in [-0.25, -0.2) is 4.79 Å². The summed E-state index contributed by atoms with van der Waals surface area (Å²) in [5.41, 5.74) is -1.11. The van der Waals surface area contributed by atoms with Crippen molar-refractivity contribution in [2.24, 2.45) is 5.92 Å². The van der Waals surface area contributed by atoms with Crippen molar-refractivity contribution in [2.45, 2.75) is 33.4 Å². The molecule has 6 nitrogen and oxygen atoms in total. The van der Waals surface area contributed by atoms with Crippen molar-refractivity contribution >= 4 is 21.8 Å². The first-order valence-corrected chi connectivity index (χ1v) is 6.39. The molecule has 1 aromatic heterocycles. The fourth-order valence-corrected chi connectivity index (χ4v) is 1.57. The summed E-state index contributed by atoms with van der Waals surface area (Å²) in [5.74, 6) is 0.0465. The van der Waals surface area contributed by atoms with Gasteiger partial charge < -0.3 is 5.32 Å². The van der Waals surface area contributed by atoms with Gasteiger partial charge in [0.2, 0.25) is 5.91 Å². The molecule has 18 heavy (non-hydrogen) atoms. The molecule has 0 saturated carbocycles. The standard InChI is InChI=1S/C11H16BrN3O3/c1-6(2)7(3)13-9(16)5-15-4-8(12)10(17)14-11(15)18/h4,6-7H,5H2,1-3H3,(H,13,16)(H,14,17,18). The number of aromatic nitrogens is 2. The van der Waals surface area contributed by atoms with Crippen LogP contribution in [0.1, 0.15) is 20.8 Å². The van der Waals surface area contributed by atoms with Crippen molar-refractivity contribution in [1.82, 2.24) is 14.9 Å². The highest BCUT2D eigenvalue weighted by molar-refractivity contribution is 9.10. The van der Waals surface area contributed by atoms with Crippen LogP contribution in [0.15, 0.2) is 20.3 Å². The maximum absolute atomic E-state index is 11.7. The van der Waals surface area contributed by atoms with Gasteiger partial charge in [0.25, 0.3) is 5.56 Å². The van der Waals surface area contributed by atoms with E-state index in [1.807, 2.05) is 20.8 Å². The third kappa shape index (κ3) is 3.83. The Hall–Kier alpha value is -1.37. The van der Waals surface area contributed by atoms with Crippen molar-refractivity contribution in [3.8, 4) is 0 Å². The van der Waals surface area contributed by atoms with Gasteiger partial charge in [0.1, 0.15) is 6.54 Å². The summed E-state index contributed by atoms with van der Waals surface area (Å²) < 4.78 is 1.36. The number of nitrogens with one attached hydrogen (secondary N) is 2. The quantitative estimate of drug-likeness (QED) is 0.846. The highest BCUT2D eigenvalue weighted by Crippen LogP contribution is 2.00. The Morgan fingerprint density at radius 1 is 1.44 bits per heavy atom. The lowest BCUT2D eigenvalue weighted by atomic mass is 10.1. The third-order valence-electron chi connectivity index (χ3n) is 2.67. The number of halogens is 1. The number of carbonyl (C=O) groups is 1. The monoisotopic (exact) mass is 317 g/mol. The average molecular weight is 318 g/mol. The summed E-state index contributed by atoms with van der Waals surface area (Å²) in [6.07, 6.45) is 1.31. The van der Waals surface area contributed by atoms with E-state index in [0.717, 1.165) is 4.57 Å². The predicted molar refractivity (Wildman–Crippen MR) is 71.5 cm³/mol. The lowest BCUT2D eigenvalue weighted by Crippen LogP contribution is -2.41. The Bertz CT molecular complexity index is 547. The van der Waals surface area contributed by atoms with Crippen molar-refractivity contribution in [1.29, 1.82) is 0 Å². The minimum Gasteiger partial charge on any atom is -0.352 e. The molecule has 100 valence electrons. The Kier molecular flexibility index (Phi) is 4.89. The van der Waals surface area contributed by atoms with Crippen LogP contribution in [0.2, 0.25) is 0 Å². The molecule has 2 N–H and O–H groups in total. The lowest BCUT2D eigenvalue weighted by molar-refractivity contribution is -0.122. The van der Waals surface area contributed by atoms with Crippen LogP contribution in [0.4, 0.5) is 0 Å². The molecule has 0 fully saturated rings. The van der Waals surface area contributed by atoms with E-state index >= 15 is 0 Å². The molecule has 0 saturated heterocycles. The Balaban J connectivity index is 2.80. The molecule has 1 aromatic rings. The Morgan fingerprint density at radius 2 is 2.06 bits per heavy atom. The van der Waals surface area contributed by atoms with Gasteiger partial charge in [-0.3, -0.25) is 19.1 Å². The molecule has 1 rings (SSSR count). The molecular weight excluding hydrogens is 302 g/mol. The molecule has 0 spiro atoms. The third-order valence-corrected chi connectivity index (χ3v) is 3.23. The van der Waals surface area contributed by atoms with Crippen LogP contribution in [0.25, 0.3) is 0 Å². The summed E-state index contributed by atoms with van der Waals surface area (Å²) in [5, 5.41) is 2.78. The van der Waals surface area contributed by atoms with Gasteiger partial charge in [-0.15, -0.1) is 0 Å². The van der Waals surface area contributed by atoms with Crippen molar-refractivity contribution in [3.63, 3.8) is 0 Å². The van der Waals surface area contributed by atoms with Crippen LogP contribution in [0, 0.1) is 5.92 Å². The number of hydrogen-bond donors (Lipinski definition) is 2. The molecule has 1 amide bonds. The number of rotatable bonds is 4. The molecule has 0 aliphatic carbocycles. The highest BCUT2D eigenvalue weighted by atomic mass is 79.9. The van der Waals surface area contributed by atoms with Crippen molar-refractivity contribution < 1.29 is 4.79 Å². The molecule has 1 unspecified atom stereocenters. The molecule has 0 aliphatic rings. The van der Waals surface area contributed by atoms with E-state index in [1.165, 1.54) is 6.20 Å². The van der Waals surface area contributed by atoms with E-state index in [2.05, 4.69) is 26.2 Å². The maximum Gasteiger partial charge on any atom is 0.328 e. The van der Waals surface area contributed by atoms with Crippen LogP contribution in [0.5, 0.6) is 0 Å². The molecular formula is C11H16BrN3O3. The zero-order chi connectivity index (χ0) is 13.9. The summed E-state index contributed by atoms with van der Waals surface area (Å²) in [6, 6.07) is 0.0272. The number of aromatic amines is 1. The minimum absolute atomic E-state index is 0.0272. The Morgan fingerprint density at radius 3 is 2.61 bits per heavy atom. The number of amides is 1. The van der Waals surface area contributed by atoms with Gasteiger partial charge in [0, 0.05) is 12.2 Å². The van der Waals surface area contributed by atoms with E-state index in [4.69, 9.17) is 0 Å². The summed E-state index contributed by atoms with van der Waals surface area (Å²) in [7, 11) is 0. The second-order valence-corrected chi connectivity index (χ2v) is 5.32. The fourth-order valence-electron chi connectivity index (χ4n) is 1.22. The van der Waals surface area contributed by atoms with Crippen LogP contribution in [0.3, 0.4) is 0 Å². The van der Waals surface area contributed by atoms with E-state index in [1.54, 1.807) is 0 Å². The summed E-state index contributed by atoms with van der Waals surface area (Å²) >= 11 is 3.01. The molecule has 0 radical (unpaired) electrons. The minimum atomic E-state index is -0.601. The number of H-pyrrole nitrogens is 1. The van der Waals surface area contributed by atoms with Crippen molar-refractivity contribution in [3.05, 3.63) is 31.5 Å². The molecule has 1 atom stereocenters. The second kappa shape index (κ2) is 5.99. The first kappa shape index (κ1) is 14.7. The smallest absolute Gasteiger partial charge is 0.328 e. The molecule has 7 heteroatoms. The Labute approximate surface area is 113 Å². The van der Waals surface area contributed by atoms with E-state index < -0.39 is 11.2 Å². The number of nitrogens with zero attached hydrogens (tertiary/aromatic N) is 1. The molecule has 0 aliphatic heterocycles. The fraction of sp³-hybridized carbons (Fsp3) is 0.545. The van der Waals surface area contributed by atoms with Crippen LogP contribution >= 0.6 is 15.9 Å². The maximum atomic E-state index is 11.7. The second-order valence-electron chi connectivity index (χ2n) is 4.46. The SMILES string of the molecule is CC(C)C(C)NC(=O)Cn1cc(Br)c(=O)[nH]c1=O. The van der Waals surface area contributed by atoms with E-state index in [-0.39, 0.29) is 23.0 Å². The number of hydrogen-bond acceptors (Lipinski definition) is 3. The van der Waals surface area contributed by atoms with Gasteiger partial charge in [0.05, 0.1) is 4.47 Å². The van der Waals surface area contributed by atoms with Gasteiger partial charge >= 0.3 is 5.69 Å². The van der Waals surface area contributed by atoms with Crippen molar-refractivity contribution in [2.75, 3.05) is 0 Å². The summed E-state index contributed by atoms with van der Waals surface area (Å²) in [6.45, 7) is 5.76.